The fraction of sp³-hybridized carbons (Fsp3) is 0.912. The summed E-state index contributed by atoms with van der Waals surface area (Å²) in [4.78, 5) is 12.8. The predicted octanol–water partition coefficient (Wildman–Crippen LogP) is 11.9. The molecule has 7 saturated carbocycles. The summed E-state index contributed by atoms with van der Waals surface area (Å²) in [7, 11) is 0. The van der Waals surface area contributed by atoms with Crippen molar-refractivity contribution in [3.63, 3.8) is 0 Å². The third kappa shape index (κ3) is 6.15. The fourth-order valence-corrected chi connectivity index (χ4v) is 20.2. The summed E-state index contributed by atoms with van der Waals surface area (Å²) in [5.74, 6) is 3.77. The highest BCUT2D eigenvalue weighted by molar-refractivity contribution is 5.77. The quantitative estimate of drug-likeness (QED) is 0.194. The van der Waals surface area contributed by atoms with Gasteiger partial charge in [0, 0.05) is 12.3 Å². The Balaban J connectivity index is 0.000000152. The van der Waals surface area contributed by atoms with Crippen LogP contribution in [0.2, 0.25) is 0 Å². The molecule has 2 aliphatic heterocycles. The number of allylic oxidation sites excluding steroid dienone is 4. The zero-order valence-corrected chi connectivity index (χ0v) is 42.1. The van der Waals surface area contributed by atoms with Gasteiger partial charge in [-0.05, 0) is 194 Å². The van der Waals surface area contributed by atoms with Crippen LogP contribution in [0.15, 0.2) is 23.3 Å². The molecule has 20 unspecified atom stereocenters. The minimum atomic E-state index is -1.04. The van der Waals surface area contributed by atoms with Crippen LogP contribution in [0.4, 0.5) is 0 Å². The van der Waals surface area contributed by atoms with Crippen LogP contribution in [-0.4, -0.2) is 63.2 Å². The molecule has 0 aromatic carbocycles. The van der Waals surface area contributed by atoms with Crippen molar-refractivity contribution in [2.45, 2.75) is 222 Å². The van der Waals surface area contributed by atoms with Gasteiger partial charge in [0.2, 0.25) is 0 Å². The van der Waals surface area contributed by atoms with E-state index in [1.54, 1.807) is 5.57 Å². The lowest BCUT2D eigenvalue weighted by Crippen LogP contribution is -2.67. The van der Waals surface area contributed by atoms with Crippen LogP contribution >= 0.6 is 0 Å². The predicted molar refractivity (Wildman–Crippen MR) is 252 cm³/mol. The van der Waals surface area contributed by atoms with Gasteiger partial charge in [0.1, 0.15) is 5.41 Å². The summed E-state index contributed by atoms with van der Waals surface area (Å²) in [5, 5.41) is 43.3. The molecule has 9 aliphatic carbocycles. The first-order valence-corrected chi connectivity index (χ1v) is 26.8. The second-order valence-electron chi connectivity index (χ2n) is 27.8. The van der Waals surface area contributed by atoms with Gasteiger partial charge in [-0.3, -0.25) is 4.79 Å². The molecule has 20 atom stereocenters. The van der Waals surface area contributed by atoms with E-state index >= 15 is 0 Å². The number of aliphatic hydroxyl groups is 3. The molecule has 7 heteroatoms. The van der Waals surface area contributed by atoms with E-state index in [4.69, 9.17) is 9.47 Å². The Bertz CT molecular complexity index is 1930. The topological polar surface area (TPSA) is 116 Å². The molecule has 11 rings (SSSR count). The van der Waals surface area contributed by atoms with E-state index in [2.05, 4.69) is 88.3 Å². The van der Waals surface area contributed by atoms with E-state index in [1.807, 2.05) is 0 Å². The Morgan fingerprint density at radius 1 is 0.719 bits per heavy atom. The van der Waals surface area contributed by atoms with Crippen LogP contribution in [0.1, 0.15) is 192 Å². The van der Waals surface area contributed by atoms with Gasteiger partial charge in [0.25, 0.3) is 0 Å². The number of carboxylic acids is 1. The van der Waals surface area contributed by atoms with Crippen LogP contribution < -0.4 is 0 Å². The smallest absolute Gasteiger partial charge is 0.312 e. The fourth-order valence-electron chi connectivity index (χ4n) is 20.2. The third-order valence-corrected chi connectivity index (χ3v) is 24.3. The van der Waals surface area contributed by atoms with Crippen LogP contribution in [-0.2, 0) is 14.3 Å². The van der Waals surface area contributed by atoms with Crippen molar-refractivity contribution in [2.75, 3.05) is 6.61 Å². The second-order valence-corrected chi connectivity index (χ2v) is 27.8. The number of fused-ring (bicyclic) bond motifs is 14. The summed E-state index contributed by atoms with van der Waals surface area (Å²) in [6, 6.07) is 0. The van der Waals surface area contributed by atoms with Gasteiger partial charge in [-0.2, -0.15) is 0 Å². The molecule has 0 radical (unpaired) electrons. The molecule has 11 aliphatic rings. The van der Waals surface area contributed by atoms with Crippen molar-refractivity contribution < 1.29 is 34.7 Å². The first-order chi connectivity index (χ1) is 29.8. The molecular formula is C57H90O7. The molecular weight excluding hydrogens is 797 g/mol. The molecule has 1 spiro atoms. The molecule has 0 bridgehead atoms. The van der Waals surface area contributed by atoms with Gasteiger partial charge in [-0.25, -0.2) is 0 Å². The van der Waals surface area contributed by atoms with E-state index in [1.165, 1.54) is 44.1 Å². The minimum absolute atomic E-state index is 0.0218. The molecule has 360 valence electrons. The molecule has 2 heterocycles. The molecule has 9 fully saturated rings. The van der Waals surface area contributed by atoms with Crippen molar-refractivity contribution in [1.82, 2.24) is 0 Å². The molecule has 0 amide bonds. The van der Waals surface area contributed by atoms with Crippen LogP contribution in [0, 0.1) is 96.6 Å². The highest BCUT2D eigenvalue weighted by Crippen LogP contribution is 2.76. The molecule has 4 N–H and O–H groups in total. The number of aliphatic hydroxyl groups excluding tert-OH is 3. The maximum absolute atomic E-state index is 12.8. The number of rotatable bonds is 1. The number of hydrogen-bond acceptors (Lipinski definition) is 6. The maximum atomic E-state index is 12.8. The van der Waals surface area contributed by atoms with E-state index < -0.39 is 17.5 Å². The lowest BCUT2D eigenvalue weighted by molar-refractivity contribution is -0.272. The lowest BCUT2D eigenvalue weighted by Gasteiger charge is -2.71. The van der Waals surface area contributed by atoms with Crippen molar-refractivity contribution >= 4 is 5.97 Å². The number of aliphatic carboxylic acids is 1. The van der Waals surface area contributed by atoms with Crippen molar-refractivity contribution in [2.24, 2.45) is 96.6 Å². The van der Waals surface area contributed by atoms with Crippen LogP contribution in [0.5, 0.6) is 0 Å². The zero-order chi connectivity index (χ0) is 46.0. The van der Waals surface area contributed by atoms with Gasteiger partial charge >= 0.3 is 5.97 Å². The van der Waals surface area contributed by atoms with Gasteiger partial charge in [-0.1, -0.05) is 99.5 Å². The zero-order valence-electron chi connectivity index (χ0n) is 42.1. The molecule has 64 heavy (non-hydrogen) atoms. The minimum Gasteiger partial charge on any atom is -0.481 e. The Morgan fingerprint density at radius 3 is 2.17 bits per heavy atom. The third-order valence-electron chi connectivity index (χ3n) is 24.3. The number of carbonyl (C=O) groups is 1. The summed E-state index contributed by atoms with van der Waals surface area (Å²) < 4.78 is 13.3. The summed E-state index contributed by atoms with van der Waals surface area (Å²) in [5.41, 5.74) is 2.75. The Labute approximate surface area is 387 Å². The molecule has 2 saturated heterocycles. The van der Waals surface area contributed by atoms with E-state index in [-0.39, 0.29) is 51.0 Å². The molecule has 0 aromatic heterocycles. The summed E-state index contributed by atoms with van der Waals surface area (Å²) >= 11 is 0. The average molecular weight is 887 g/mol. The number of hydrogen-bond donors (Lipinski definition) is 4. The van der Waals surface area contributed by atoms with Crippen molar-refractivity contribution in [1.29, 1.82) is 0 Å². The van der Waals surface area contributed by atoms with Gasteiger partial charge in [-0.15, -0.1) is 0 Å². The number of ether oxygens (including phenoxy) is 2. The first kappa shape index (κ1) is 46.5. The largest absolute Gasteiger partial charge is 0.481 e. The Morgan fingerprint density at radius 2 is 1.47 bits per heavy atom. The van der Waals surface area contributed by atoms with Crippen LogP contribution in [0.3, 0.4) is 0 Å². The van der Waals surface area contributed by atoms with E-state index in [9.17, 15) is 25.2 Å². The van der Waals surface area contributed by atoms with Gasteiger partial charge in [0.05, 0.1) is 31.0 Å². The highest BCUT2D eigenvalue weighted by Gasteiger charge is 2.72. The summed E-state index contributed by atoms with van der Waals surface area (Å²) in [6.07, 6.45) is 22.9. The molecule has 7 nitrogen and oxygen atoms in total. The van der Waals surface area contributed by atoms with Crippen molar-refractivity contribution in [3.05, 3.63) is 23.3 Å². The normalized spacial score (nSPS) is 56.4. The first-order valence-electron chi connectivity index (χ1n) is 26.8. The second kappa shape index (κ2) is 14.9. The van der Waals surface area contributed by atoms with Gasteiger partial charge < -0.3 is 29.9 Å². The Kier molecular flexibility index (Phi) is 10.8. The van der Waals surface area contributed by atoms with Crippen molar-refractivity contribution in [3.8, 4) is 0 Å². The maximum Gasteiger partial charge on any atom is 0.312 e. The van der Waals surface area contributed by atoms with E-state index in [0.29, 0.717) is 65.3 Å². The van der Waals surface area contributed by atoms with Gasteiger partial charge in [0.15, 0.2) is 5.79 Å². The average Bonchev–Trinajstić information content (AvgIpc) is 3.67. The van der Waals surface area contributed by atoms with Crippen LogP contribution in [0.25, 0.3) is 0 Å². The molecule has 0 aromatic rings. The lowest BCUT2D eigenvalue weighted by atomic mass is 9.33. The Hall–Kier alpha value is -1.25. The monoisotopic (exact) mass is 887 g/mol. The number of carboxylic acid groups (broad SMARTS) is 1. The standard InChI is InChI=1S/C30H48O4.C27H42O3/c1-25(2)14-15-30(24(33)34)19(16-25)18-8-9-21-27(5)12-11-22(31)26(3,4)20(27)10-13-28(21,6)29(18,7)17-23(30)32;1-16-7-12-27(29-15-16)17(2)24-23(30-27)14-22-20-6-5-18-13-19(28)8-10-25(18,3)21(20)9-11-26(22,24)4/h8,19-23,31-32H,9-17H2,1-7H3,(H,33,34);9,16-20,22-24,28H,5-8,10-15H2,1-4H3. The SMILES string of the molecule is CC1(C)CCC2(C(=O)O)C(O)CC3(C)C(=CCC4C5(C)CCC(O)C(C)(C)C5CCC43C)C2C1.CC1CCC2(OC1)OC1CC3C4CCC5CC(O)CCC5(C)C4=CCC3(C)C1C2C. The summed E-state index contributed by atoms with van der Waals surface area (Å²) in [6.45, 7) is 27.1. The van der Waals surface area contributed by atoms with E-state index in [0.717, 1.165) is 82.7 Å². The highest BCUT2D eigenvalue weighted by atomic mass is 16.7.